The highest BCUT2D eigenvalue weighted by Crippen LogP contribution is 2.36. The first-order valence-corrected chi connectivity index (χ1v) is 12.7. The van der Waals surface area contributed by atoms with Gasteiger partial charge < -0.3 is 9.84 Å². The van der Waals surface area contributed by atoms with Crippen molar-refractivity contribution in [1.82, 2.24) is 10.2 Å². The number of hydrogen-bond acceptors (Lipinski definition) is 5. The van der Waals surface area contributed by atoms with Crippen molar-refractivity contribution in [1.29, 1.82) is 0 Å². The molecule has 3 unspecified atom stereocenters. The number of ether oxygens (including phenoxy) is 1. The summed E-state index contributed by atoms with van der Waals surface area (Å²) < 4.78 is 6.21. The fourth-order valence-corrected chi connectivity index (χ4v) is 4.78. The fraction of sp³-hybridized carbons (Fsp3) is 0.400. The Morgan fingerprint density at radius 3 is 2.42 bits per heavy atom. The Morgan fingerprint density at radius 2 is 1.78 bits per heavy atom. The van der Waals surface area contributed by atoms with Crippen LogP contribution in [-0.2, 0) is 11.2 Å². The zero-order valence-electron chi connectivity index (χ0n) is 21.4. The summed E-state index contributed by atoms with van der Waals surface area (Å²) in [7, 11) is 0. The Labute approximate surface area is 212 Å². The van der Waals surface area contributed by atoms with Gasteiger partial charge in [-0.3, -0.25) is 4.79 Å². The molecule has 3 aromatic rings. The van der Waals surface area contributed by atoms with Gasteiger partial charge in [0.1, 0.15) is 17.3 Å². The van der Waals surface area contributed by atoms with Gasteiger partial charge in [-0.05, 0) is 91.1 Å². The van der Waals surface area contributed by atoms with Gasteiger partial charge in [-0.2, -0.15) is 10.2 Å². The molecule has 0 saturated heterocycles. The van der Waals surface area contributed by atoms with Gasteiger partial charge in [0.25, 0.3) is 0 Å². The third-order valence-electron chi connectivity index (χ3n) is 7.25. The lowest BCUT2D eigenvalue weighted by atomic mass is 9.83. The zero-order valence-corrected chi connectivity index (χ0v) is 21.4. The normalized spacial score (nSPS) is 20.2. The van der Waals surface area contributed by atoms with Gasteiger partial charge in [0, 0.05) is 17.9 Å². The van der Waals surface area contributed by atoms with Gasteiger partial charge >= 0.3 is 5.97 Å². The van der Waals surface area contributed by atoms with Gasteiger partial charge in [-0.1, -0.05) is 33.8 Å². The predicted octanol–water partition coefficient (Wildman–Crippen LogP) is 6.94. The smallest absolute Gasteiger partial charge is 0.335 e. The zero-order chi connectivity index (χ0) is 25.8. The highest BCUT2D eigenvalue weighted by atomic mass is 16.5. The van der Waals surface area contributed by atoms with Crippen LogP contribution in [0, 0.1) is 17.8 Å². The maximum absolute atomic E-state index is 12.6. The molecular formula is C30H34N2O4. The van der Waals surface area contributed by atoms with E-state index in [2.05, 4.69) is 31.0 Å². The van der Waals surface area contributed by atoms with Crippen molar-refractivity contribution in [2.45, 2.75) is 59.3 Å². The van der Waals surface area contributed by atoms with Crippen molar-refractivity contribution < 1.29 is 19.4 Å². The SMILES string of the molecule is CC1CCC(Cc2ccc(C(=O)O)cc2Oc2ccc(-c3ccc(C(C)C)nn3)cc2)C(C)C(=O)C1. The summed E-state index contributed by atoms with van der Waals surface area (Å²) in [4.78, 5) is 24.3. The van der Waals surface area contributed by atoms with E-state index in [-0.39, 0.29) is 17.4 Å². The van der Waals surface area contributed by atoms with Crippen molar-refractivity contribution in [3.63, 3.8) is 0 Å². The summed E-state index contributed by atoms with van der Waals surface area (Å²) >= 11 is 0. The number of nitrogens with zero attached hydrogens (tertiary/aromatic N) is 2. The number of rotatable bonds is 7. The van der Waals surface area contributed by atoms with E-state index >= 15 is 0 Å². The van der Waals surface area contributed by atoms with Gasteiger partial charge in [0.05, 0.1) is 17.0 Å². The number of aromatic nitrogens is 2. The molecule has 6 heteroatoms. The molecule has 1 fully saturated rings. The molecule has 1 saturated carbocycles. The van der Waals surface area contributed by atoms with Crippen LogP contribution in [0.3, 0.4) is 0 Å². The minimum atomic E-state index is -1.00. The van der Waals surface area contributed by atoms with E-state index in [0.29, 0.717) is 42.0 Å². The lowest BCUT2D eigenvalue weighted by molar-refractivity contribution is -0.123. The molecule has 1 aromatic heterocycles. The number of Topliss-reactive ketones (excluding diaryl/α,β-unsaturated/α-hetero) is 1. The largest absolute Gasteiger partial charge is 0.478 e. The number of carboxylic acid groups (broad SMARTS) is 1. The lowest BCUT2D eigenvalue weighted by Gasteiger charge is -2.22. The molecule has 0 amide bonds. The number of benzene rings is 2. The highest BCUT2D eigenvalue weighted by molar-refractivity contribution is 5.88. The molecule has 2 aromatic carbocycles. The summed E-state index contributed by atoms with van der Waals surface area (Å²) in [5, 5.41) is 18.2. The van der Waals surface area contributed by atoms with Crippen molar-refractivity contribution in [2.75, 3.05) is 0 Å². The highest BCUT2D eigenvalue weighted by Gasteiger charge is 2.30. The lowest BCUT2D eigenvalue weighted by Crippen LogP contribution is -2.21. The van der Waals surface area contributed by atoms with Crippen LogP contribution in [0.25, 0.3) is 11.3 Å². The number of ketones is 1. The second kappa shape index (κ2) is 11.0. The molecule has 1 N–H and O–H groups in total. The molecule has 4 rings (SSSR count). The Balaban J connectivity index is 1.57. The molecule has 1 aliphatic carbocycles. The predicted molar refractivity (Wildman–Crippen MR) is 139 cm³/mol. The Bertz CT molecular complexity index is 1220. The second-order valence-corrected chi connectivity index (χ2v) is 10.4. The van der Waals surface area contributed by atoms with Crippen molar-refractivity contribution in [2.24, 2.45) is 17.8 Å². The van der Waals surface area contributed by atoms with Crippen LogP contribution in [0.5, 0.6) is 11.5 Å². The summed E-state index contributed by atoms with van der Waals surface area (Å²) in [6.07, 6.45) is 3.30. The molecule has 0 radical (unpaired) electrons. The van der Waals surface area contributed by atoms with Crippen molar-refractivity contribution in [3.05, 3.63) is 71.4 Å². The average molecular weight is 487 g/mol. The Kier molecular flexibility index (Phi) is 7.82. The molecule has 3 atom stereocenters. The van der Waals surface area contributed by atoms with E-state index in [9.17, 15) is 14.7 Å². The van der Waals surface area contributed by atoms with Crippen LogP contribution in [0.2, 0.25) is 0 Å². The molecular weight excluding hydrogens is 452 g/mol. The minimum Gasteiger partial charge on any atom is -0.478 e. The van der Waals surface area contributed by atoms with Crippen LogP contribution < -0.4 is 4.74 Å². The molecule has 0 aliphatic heterocycles. The average Bonchev–Trinajstić information content (AvgIpc) is 2.98. The maximum Gasteiger partial charge on any atom is 0.335 e. The van der Waals surface area contributed by atoms with E-state index in [1.807, 2.05) is 49.4 Å². The van der Waals surface area contributed by atoms with E-state index < -0.39 is 5.97 Å². The molecule has 1 aliphatic rings. The minimum absolute atomic E-state index is 0.0237. The number of hydrogen-bond donors (Lipinski definition) is 1. The molecule has 0 bridgehead atoms. The standard InChI is InChI=1S/C30H34N2O4/c1-18(2)26-13-14-27(32-31-26)21-9-11-25(12-10-21)36-29-17-24(30(34)35)8-7-23(29)16-22-6-5-19(3)15-28(33)20(22)4/h7-14,17-20,22H,5-6,15-16H2,1-4H3,(H,34,35). The fourth-order valence-electron chi connectivity index (χ4n) is 4.78. The van der Waals surface area contributed by atoms with E-state index in [0.717, 1.165) is 35.4 Å². The van der Waals surface area contributed by atoms with Crippen LogP contribution in [0.1, 0.15) is 74.5 Å². The quantitative estimate of drug-likeness (QED) is 0.364. The molecule has 1 heterocycles. The first-order valence-electron chi connectivity index (χ1n) is 12.7. The third kappa shape index (κ3) is 5.99. The summed E-state index contributed by atoms with van der Waals surface area (Å²) in [5.41, 5.74) is 3.73. The van der Waals surface area contributed by atoms with Crippen molar-refractivity contribution in [3.8, 4) is 22.8 Å². The van der Waals surface area contributed by atoms with Gasteiger partial charge in [0.2, 0.25) is 0 Å². The number of carboxylic acids is 1. The molecule has 36 heavy (non-hydrogen) atoms. The monoisotopic (exact) mass is 486 g/mol. The van der Waals surface area contributed by atoms with E-state index in [4.69, 9.17) is 4.74 Å². The van der Waals surface area contributed by atoms with Gasteiger partial charge in [-0.25, -0.2) is 4.79 Å². The molecule has 188 valence electrons. The van der Waals surface area contributed by atoms with Crippen LogP contribution in [0.4, 0.5) is 0 Å². The van der Waals surface area contributed by atoms with Crippen molar-refractivity contribution >= 4 is 11.8 Å². The summed E-state index contributed by atoms with van der Waals surface area (Å²) in [6.45, 7) is 8.32. The molecule has 6 nitrogen and oxygen atoms in total. The van der Waals surface area contributed by atoms with Gasteiger partial charge in [-0.15, -0.1) is 0 Å². The number of aromatic carboxylic acids is 1. The molecule has 0 spiro atoms. The Morgan fingerprint density at radius 1 is 1.03 bits per heavy atom. The van der Waals surface area contributed by atoms with Gasteiger partial charge in [0.15, 0.2) is 0 Å². The third-order valence-corrected chi connectivity index (χ3v) is 7.25. The van der Waals surface area contributed by atoms with Crippen LogP contribution in [-0.4, -0.2) is 27.1 Å². The summed E-state index contributed by atoms with van der Waals surface area (Å²) in [6, 6.07) is 16.5. The topological polar surface area (TPSA) is 89.4 Å². The van der Waals surface area contributed by atoms with Crippen LogP contribution in [0.15, 0.2) is 54.6 Å². The maximum atomic E-state index is 12.6. The second-order valence-electron chi connectivity index (χ2n) is 10.4. The number of carbonyl (C=O) groups excluding carboxylic acids is 1. The van der Waals surface area contributed by atoms with E-state index in [1.54, 1.807) is 12.1 Å². The first-order chi connectivity index (χ1) is 17.2. The number of carbonyl (C=O) groups is 2. The first kappa shape index (κ1) is 25.5. The van der Waals surface area contributed by atoms with E-state index in [1.165, 1.54) is 0 Å². The summed E-state index contributed by atoms with van der Waals surface area (Å²) in [5.74, 6) is 1.33. The Hall–Kier alpha value is -3.54. The van der Waals surface area contributed by atoms with Crippen LogP contribution >= 0.6 is 0 Å².